The van der Waals surface area contributed by atoms with Gasteiger partial charge in [0, 0.05) is 30.8 Å². The summed E-state index contributed by atoms with van der Waals surface area (Å²) in [5, 5.41) is 13.9. The van der Waals surface area contributed by atoms with Crippen LogP contribution in [0.1, 0.15) is 51.6 Å². The Morgan fingerprint density at radius 3 is 2.32 bits per heavy atom. The van der Waals surface area contributed by atoms with Gasteiger partial charge in [-0.05, 0) is 49.0 Å². The van der Waals surface area contributed by atoms with Gasteiger partial charge in [-0.2, -0.15) is 0 Å². The molecule has 8 heteroatoms. The third kappa shape index (κ3) is 6.11. The van der Waals surface area contributed by atoms with Crippen LogP contribution in [0.2, 0.25) is 0 Å². The maximum Gasteiger partial charge on any atom is 0.338 e. The summed E-state index contributed by atoms with van der Waals surface area (Å²) in [7, 11) is 1.18. The molecule has 0 unspecified atom stereocenters. The zero-order chi connectivity index (χ0) is 22.4. The molecule has 1 N–H and O–H groups in total. The largest absolute Gasteiger partial charge is 0.465 e. The first-order valence-electron chi connectivity index (χ1n) is 10.3. The van der Waals surface area contributed by atoms with Crippen LogP contribution < -0.4 is 5.32 Å². The van der Waals surface area contributed by atoms with E-state index < -0.39 is 16.8 Å². The first kappa shape index (κ1) is 22.4. The number of nitrogens with one attached hydrogen (secondary N) is 1. The topological polar surface area (TPSA) is 102 Å². The molecule has 0 aliphatic carbocycles. The minimum atomic E-state index is -0.739. The second-order valence-corrected chi connectivity index (χ2v) is 7.98. The van der Waals surface area contributed by atoms with E-state index in [1.54, 1.807) is 0 Å². The van der Waals surface area contributed by atoms with Gasteiger partial charge in [-0.3, -0.25) is 19.8 Å². The van der Waals surface area contributed by atoms with E-state index in [1.165, 1.54) is 31.6 Å². The van der Waals surface area contributed by atoms with E-state index in [0.717, 1.165) is 43.2 Å². The van der Waals surface area contributed by atoms with Crippen LogP contribution in [0, 0.1) is 16.0 Å². The Kier molecular flexibility index (Phi) is 7.36. The Labute approximate surface area is 181 Å². The first-order chi connectivity index (χ1) is 14.9. The molecule has 2 aromatic carbocycles. The number of amides is 1. The fourth-order valence-electron chi connectivity index (χ4n) is 3.61. The standard InChI is InChI=1S/C23H27N3O5/c1-16-7-9-25(10-8-16)15-18-5-3-17(4-6-18)14-24-22(27)19-11-20(23(28)31-2)13-21(12-19)26(29)30/h3-6,11-13,16H,7-10,14-15H2,1-2H3,(H,24,27). The lowest BCUT2D eigenvalue weighted by atomic mass is 9.99. The number of hydrogen-bond acceptors (Lipinski definition) is 6. The minimum absolute atomic E-state index is 0.0329. The van der Waals surface area contributed by atoms with E-state index in [4.69, 9.17) is 0 Å². The third-order valence-electron chi connectivity index (χ3n) is 5.57. The van der Waals surface area contributed by atoms with Gasteiger partial charge >= 0.3 is 5.97 Å². The van der Waals surface area contributed by atoms with Crippen molar-refractivity contribution in [2.24, 2.45) is 5.92 Å². The average Bonchev–Trinajstić information content (AvgIpc) is 2.79. The molecule has 2 aromatic rings. The maximum atomic E-state index is 12.5. The summed E-state index contributed by atoms with van der Waals surface area (Å²) in [6, 6.07) is 11.6. The zero-order valence-electron chi connectivity index (χ0n) is 17.8. The molecule has 0 radical (unpaired) electrons. The van der Waals surface area contributed by atoms with Crippen molar-refractivity contribution in [3.05, 3.63) is 74.8 Å². The van der Waals surface area contributed by atoms with Crippen molar-refractivity contribution in [2.45, 2.75) is 32.9 Å². The molecule has 1 heterocycles. The zero-order valence-corrected chi connectivity index (χ0v) is 17.8. The van der Waals surface area contributed by atoms with Crippen LogP contribution in [0.3, 0.4) is 0 Å². The van der Waals surface area contributed by atoms with Crippen molar-refractivity contribution < 1.29 is 19.2 Å². The quantitative estimate of drug-likeness (QED) is 0.414. The van der Waals surface area contributed by atoms with Crippen molar-refractivity contribution in [1.29, 1.82) is 0 Å². The lowest BCUT2D eigenvalue weighted by molar-refractivity contribution is -0.384. The summed E-state index contributed by atoms with van der Waals surface area (Å²) in [5.41, 5.74) is 1.79. The highest BCUT2D eigenvalue weighted by atomic mass is 16.6. The number of nitro benzene ring substituents is 1. The molecule has 1 fully saturated rings. The van der Waals surface area contributed by atoms with Gasteiger partial charge in [0.05, 0.1) is 17.6 Å². The predicted octanol–water partition coefficient (Wildman–Crippen LogP) is 3.54. The van der Waals surface area contributed by atoms with Gasteiger partial charge in [-0.1, -0.05) is 31.2 Å². The van der Waals surface area contributed by atoms with Crippen LogP contribution in [0.5, 0.6) is 0 Å². The van der Waals surface area contributed by atoms with Crippen molar-refractivity contribution in [3.8, 4) is 0 Å². The summed E-state index contributed by atoms with van der Waals surface area (Å²) >= 11 is 0. The highest BCUT2D eigenvalue weighted by Gasteiger charge is 2.18. The minimum Gasteiger partial charge on any atom is -0.465 e. The molecule has 164 valence electrons. The van der Waals surface area contributed by atoms with Crippen molar-refractivity contribution >= 4 is 17.6 Å². The van der Waals surface area contributed by atoms with Gasteiger partial charge < -0.3 is 10.1 Å². The first-order valence-corrected chi connectivity index (χ1v) is 10.3. The molecule has 8 nitrogen and oxygen atoms in total. The number of ether oxygens (including phenoxy) is 1. The lowest BCUT2D eigenvalue weighted by Crippen LogP contribution is -2.32. The number of non-ortho nitro benzene ring substituents is 1. The van der Waals surface area contributed by atoms with Crippen LogP contribution in [0.25, 0.3) is 0 Å². The lowest BCUT2D eigenvalue weighted by Gasteiger charge is -2.30. The summed E-state index contributed by atoms with van der Waals surface area (Å²) < 4.78 is 4.61. The van der Waals surface area contributed by atoms with E-state index in [1.807, 2.05) is 12.1 Å². The number of piperidine rings is 1. The Morgan fingerprint density at radius 2 is 1.71 bits per heavy atom. The number of esters is 1. The SMILES string of the molecule is COC(=O)c1cc(C(=O)NCc2ccc(CN3CCC(C)CC3)cc2)cc([N+](=O)[O-])c1. The number of carbonyl (C=O) groups is 2. The van der Waals surface area contributed by atoms with Crippen molar-refractivity contribution in [2.75, 3.05) is 20.2 Å². The van der Waals surface area contributed by atoms with E-state index in [2.05, 4.69) is 34.0 Å². The maximum absolute atomic E-state index is 12.5. The van der Waals surface area contributed by atoms with E-state index in [0.29, 0.717) is 0 Å². The molecule has 1 aliphatic heterocycles. The number of carbonyl (C=O) groups excluding carboxylic acids is 2. The molecule has 0 bridgehead atoms. The van der Waals surface area contributed by atoms with E-state index in [-0.39, 0.29) is 23.4 Å². The summed E-state index contributed by atoms with van der Waals surface area (Å²) in [4.78, 5) is 37.2. The van der Waals surface area contributed by atoms with Gasteiger partial charge in [-0.15, -0.1) is 0 Å². The van der Waals surface area contributed by atoms with Crippen LogP contribution in [-0.2, 0) is 17.8 Å². The number of rotatable bonds is 7. The van der Waals surface area contributed by atoms with Gasteiger partial charge in [0.15, 0.2) is 0 Å². The second kappa shape index (κ2) is 10.2. The van der Waals surface area contributed by atoms with Crippen molar-refractivity contribution in [1.82, 2.24) is 10.2 Å². The number of likely N-dealkylation sites (tertiary alicyclic amines) is 1. The normalized spacial score (nSPS) is 14.8. The molecule has 3 rings (SSSR count). The molecule has 1 aliphatic rings. The molecular weight excluding hydrogens is 398 g/mol. The number of nitrogens with zero attached hydrogens (tertiary/aromatic N) is 2. The summed E-state index contributed by atoms with van der Waals surface area (Å²) in [5.74, 6) is -0.436. The molecular formula is C23H27N3O5. The molecule has 0 spiro atoms. The predicted molar refractivity (Wildman–Crippen MR) is 116 cm³/mol. The van der Waals surface area contributed by atoms with Gasteiger partial charge in [-0.25, -0.2) is 4.79 Å². The summed E-state index contributed by atoms with van der Waals surface area (Å²) in [6.45, 7) is 5.73. The Morgan fingerprint density at radius 1 is 1.10 bits per heavy atom. The monoisotopic (exact) mass is 425 g/mol. The Bertz CT molecular complexity index is 950. The number of nitro groups is 1. The van der Waals surface area contributed by atoms with E-state index >= 15 is 0 Å². The Balaban J connectivity index is 1.60. The molecule has 0 saturated carbocycles. The van der Waals surface area contributed by atoms with Crippen LogP contribution in [0.4, 0.5) is 5.69 Å². The van der Waals surface area contributed by atoms with Gasteiger partial charge in [0.2, 0.25) is 0 Å². The van der Waals surface area contributed by atoms with E-state index in [9.17, 15) is 19.7 Å². The molecule has 1 amide bonds. The van der Waals surface area contributed by atoms with Gasteiger partial charge in [0.1, 0.15) is 0 Å². The number of hydrogen-bond donors (Lipinski definition) is 1. The molecule has 0 aromatic heterocycles. The molecule has 1 saturated heterocycles. The molecule has 0 atom stereocenters. The summed E-state index contributed by atoms with van der Waals surface area (Å²) in [6.07, 6.45) is 2.47. The fourth-order valence-corrected chi connectivity index (χ4v) is 3.61. The third-order valence-corrected chi connectivity index (χ3v) is 5.57. The second-order valence-electron chi connectivity index (χ2n) is 7.98. The van der Waals surface area contributed by atoms with Crippen LogP contribution >= 0.6 is 0 Å². The smallest absolute Gasteiger partial charge is 0.338 e. The number of benzene rings is 2. The molecule has 31 heavy (non-hydrogen) atoms. The highest BCUT2D eigenvalue weighted by molar-refractivity contribution is 5.98. The number of methoxy groups -OCH3 is 1. The van der Waals surface area contributed by atoms with Crippen LogP contribution in [0.15, 0.2) is 42.5 Å². The van der Waals surface area contributed by atoms with Crippen molar-refractivity contribution in [3.63, 3.8) is 0 Å². The van der Waals surface area contributed by atoms with Crippen LogP contribution in [-0.4, -0.2) is 41.9 Å². The van der Waals surface area contributed by atoms with Gasteiger partial charge in [0.25, 0.3) is 11.6 Å². The fraction of sp³-hybridized carbons (Fsp3) is 0.391. The highest BCUT2D eigenvalue weighted by Crippen LogP contribution is 2.19. The Hall–Kier alpha value is -3.26. The average molecular weight is 425 g/mol.